The van der Waals surface area contributed by atoms with Gasteiger partial charge in [0.1, 0.15) is 18.2 Å². The quantitative estimate of drug-likeness (QED) is 0.910. The van der Waals surface area contributed by atoms with Crippen LogP contribution in [-0.2, 0) is 9.53 Å². The molecule has 0 aliphatic carbocycles. The number of aromatic nitrogens is 2. The molecular weight excluding hydrogens is 268 g/mol. The van der Waals surface area contributed by atoms with E-state index in [4.69, 9.17) is 4.74 Å². The summed E-state index contributed by atoms with van der Waals surface area (Å²) in [5, 5.41) is 3.43. The minimum atomic E-state index is -0.195. The van der Waals surface area contributed by atoms with Gasteiger partial charge in [-0.3, -0.25) is 4.79 Å². The molecule has 2 aliphatic heterocycles. The first kappa shape index (κ1) is 14.3. The molecule has 3 heterocycles. The molecular formula is C15H22N4O2. The van der Waals surface area contributed by atoms with Crippen LogP contribution in [-0.4, -0.2) is 52.6 Å². The van der Waals surface area contributed by atoms with Crippen molar-refractivity contribution in [2.24, 2.45) is 0 Å². The van der Waals surface area contributed by atoms with E-state index in [1.54, 1.807) is 6.33 Å². The third-order valence-electron chi connectivity index (χ3n) is 4.17. The molecule has 114 valence electrons. The number of nitrogens with one attached hydrogen (secondary N) is 1. The van der Waals surface area contributed by atoms with E-state index in [1.165, 1.54) is 0 Å². The summed E-state index contributed by atoms with van der Waals surface area (Å²) in [6.45, 7) is 4.26. The maximum absolute atomic E-state index is 12.3. The Morgan fingerprint density at radius 1 is 1.33 bits per heavy atom. The summed E-state index contributed by atoms with van der Waals surface area (Å²) in [6.07, 6.45) is 5.15. The lowest BCUT2D eigenvalue weighted by molar-refractivity contribution is -0.141. The van der Waals surface area contributed by atoms with Crippen molar-refractivity contribution in [3.05, 3.63) is 18.1 Å². The van der Waals surface area contributed by atoms with Crippen LogP contribution < -0.4 is 5.32 Å². The third-order valence-corrected chi connectivity index (χ3v) is 4.17. The van der Waals surface area contributed by atoms with Gasteiger partial charge in [0.15, 0.2) is 0 Å². The number of amides is 1. The van der Waals surface area contributed by atoms with Gasteiger partial charge >= 0.3 is 0 Å². The zero-order chi connectivity index (χ0) is 14.7. The van der Waals surface area contributed by atoms with Crippen LogP contribution in [0.2, 0.25) is 0 Å². The Morgan fingerprint density at radius 3 is 2.81 bits per heavy atom. The molecule has 0 bridgehead atoms. The summed E-state index contributed by atoms with van der Waals surface area (Å²) >= 11 is 0. The molecule has 0 saturated carbocycles. The van der Waals surface area contributed by atoms with Crippen LogP contribution in [0.1, 0.15) is 31.4 Å². The number of carbonyl (C=O) groups is 1. The lowest BCUT2D eigenvalue weighted by atomic mass is 10.0. The predicted molar refractivity (Wildman–Crippen MR) is 79.0 cm³/mol. The van der Waals surface area contributed by atoms with Gasteiger partial charge in [-0.15, -0.1) is 0 Å². The van der Waals surface area contributed by atoms with Gasteiger partial charge in [0.25, 0.3) is 5.91 Å². The van der Waals surface area contributed by atoms with E-state index in [0.29, 0.717) is 6.04 Å². The average molecular weight is 290 g/mol. The van der Waals surface area contributed by atoms with Crippen LogP contribution in [0.3, 0.4) is 0 Å². The van der Waals surface area contributed by atoms with Crippen LogP contribution in [0.25, 0.3) is 0 Å². The van der Waals surface area contributed by atoms with E-state index in [1.807, 2.05) is 17.9 Å². The van der Waals surface area contributed by atoms with Crippen molar-refractivity contribution in [1.82, 2.24) is 14.9 Å². The Bertz CT molecular complexity index is 494. The van der Waals surface area contributed by atoms with Crippen molar-refractivity contribution in [2.75, 3.05) is 25.0 Å². The monoisotopic (exact) mass is 290 g/mol. The summed E-state index contributed by atoms with van der Waals surface area (Å²) in [6, 6.07) is 2.32. The van der Waals surface area contributed by atoms with E-state index >= 15 is 0 Å². The normalized spacial score (nSPS) is 23.3. The number of rotatable bonds is 3. The number of ether oxygens (including phenoxy) is 1. The van der Waals surface area contributed by atoms with Crippen LogP contribution in [0, 0.1) is 6.92 Å². The fraction of sp³-hybridized carbons (Fsp3) is 0.667. The molecule has 6 nitrogen and oxygen atoms in total. The smallest absolute Gasteiger partial charge is 0.251 e. The maximum atomic E-state index is 12.3. The van der Waals surface area contributed by atoms with Gasteiger partial charge in [0, 0.05) is 37.5 Å². The highest BCUT2D eigenvalue weighted by atomic mass is 16.5. The predicted octanol–water partition coefficient (Wildman–Crippen LogP) is 1.37. The maximum Gasteiger partial charge on any atom is 0.251 e. The largest absolute Gasteiger partial charge is 0.368 e. The van der Waals surface area contributed by atoms with Crippen molar-refractivity contribution in [3.63, 3.8) is 0 Å². The Hall–Kier alpha value is -1.69. The first-order valence-electron chi connectivity index (χ1n) is 7.68. The average Bonchev–Trinajstić information content (AvgIpc) is 3.01. The number of likely N-dealkylation sites (tertiary alicyclic amines) is 1. The molecule has 1 N–H and O–H groups in total. The van der Waals surface area contributed by atoms with Gasteiger partial charge in [0.2, 0.25) is 0 Å². The Morgan fingerprint density at radius 2 is 2.14 bits per heavy atom. The van der Waals surface area contributed by atoms with Crippen molar-refractivity contribution in [1.29, 1.82) is 0 Å². The number of piperidine rings is 1. The minimum Gasteiger partial charge on any atom is -0.368 e. The second-order valence-corrected chi connectivity index (χ2v) is 5.79. The number of carbonyl (C=O) groups excluding carboxylic acids is 1. The van der Waals surface area contributed by atoms with E-state index < -0.39 is 0 Å². The first-order valence-corrected chi connectivity index (χ1v) is 7.68. The fourth-order valence-electron chi connectivity index (χ4n) is 2.96. The molecule has 1 unspecified atom stereocenters. The summed E-state index contributed by atoms with van der Waals surface area (Å²) in [5.41, 5.74) is 0.957. The number of aryl methyl sites for hydroxylation is 1. The molecule has 2 fully saturated rings. The fourth-order valence-corrected chi connectivity index (χ4v) is 2.96. The number of hydrogen-bond acceptors (Lipinski definition) is 5. The van der Waals surface area contributed by atoms with Crippen LogP contribution in [0.15, 0.2) is 12.4 Å². The summed E-state index contributed by atoms with van der Waals surface area (Å²) in [7, 11) is 0. The number of nitrogens with zero attached hydrogens (tertiary/aromatic N) is 3. The Balaban J connectivity index is 1.49. The van der Waals surface area contributed by atoms with Crippen molar-refractivity contribution < 1.29 is 9.53 Å². The zero-order valence-electron chi connectivity index (χ0n) is 12.4. The molecule has 0 spiro atoms. The highest BCUT2D eigenvalue weighted by Crippen LogP contribution is 2.20. The van der Waals surface area contributed by atoms with Crippen LogP contribution in [0.4, 0.5) is 5.82 Å². The first-order chi connectivity index (χ1) is 10.2. The highest BCUT2D eigenvalue weighted by molar-refractivity contribution is 5.81. The molecule has 6 heteroatoms. The van der Waals surface area contributed by atoms with Gasteiger partial charge < -0.3 is 15.0 Å². The second kappa shape index (κ2) is 6.39. The van der Waals surface area contributed by atoms with Gasteiger partial charge in [-0.1, -0.05) is 0 Å². The molecule has 3 rings (SSSR count). The van der Waals surface area contributed by atoms with E-state index in [2.05, 4.69) is 15.3 Å². The number of hydrogen-bond donors (Lipinski definition) is 1. The van der Waals surface area contributed by atoms with Crippen LogP contribution in [0.5, 0.6) is 0 Å². The van der Waals surface area contributed by atoms with E-state index in [-0.39, 0.29) is 12.0 Å². The molecule has 21 heavy (non-hydrogen) atoms. The summed E-state index contributed by atoms with van der Waals surface area (Å²) in [4.78, 5) is 22.5. The second-order valence-electron chi connectivity index (χ2n) is 5.79. The SMILES string of the molecule is Cc1cc(NC2CCN(C(=O)C3CCCO3)CC2)ncn1. The topological polar surface area (TPSA) is 67.4 Å². The van der Waals surface area contributed by atoms with Gasteiger partial charge in [-0.25, -0.2) is 9.97 Å². The van der Waals surface area contributed by atoms with Crippen molar-refractivity contribution in [3.8, 4) is 0 Å². The summed E-state index contributed by atoms with van der Waals surface area (Å²) < 4.78 is 5.48. The molecule has 1 aromatic rings. The molecule has 1 aromatic heterocycles. The third kappa shape index (κ3) is 3.50. The summed E-state index contributed by atoms with van der Waals surface area (Å²) in [5.74, 6) is 1.04. The van der Waals surface area contributed by atoms with Gasteiger partial charge in [-0.2, -0.15) is 0 Å². The van der Waals surface area contributed by atoms with E-state index in [9.17, 15) is 4.79 Å². The minimum absolute atomic E-state index is 0.170. The molecule has 2 saturated heterocycles. The molecule has 2 aliphatic rings. The van der Waals surface area contributed by atoms with Crippen molar-refractivity contribution in [2.45, 2.75) is 44.8 Å². The standard InChI is InChI=1S/C15H22N4O2/c1-11-9-14(17-10-16-11)18-12-4-6-19(7-5-12)15(20)13-3-2-8-21-13/h9-10,12-13H,2-8H2,1H3,(H,16,17,18). The molecule has 1 atom stereocenters. The van der Waals surface area contributed by atoms with Crippen LogP contribution >= 0.6 is 0 Å². The Kier molecular flexibility index (Phi) is 4.34. The lowest BCUT2D eigenvalue weighted by Gasteiger charge is -2.33. The lowest BCUT2D eigenvalue weighted by Crippen LogP contribution is -2.46. The Labute approximate surface area is 124 Å². The highest BCUT2D eigenvalue weighted by Gasteiger charge is 2.30. The number of anilines is 1. The van der Waals surface area contributed by atoms with E-state index in [0.717, 1.165) is 56.9 Å². The van der Waals surface area contributed by atoms with Crippen molar-refractivity contribution >= 4 is 11.7 Å². The molecule has 0 radical (unpaired) electrons. The van der Waals surface area contributed by atoms with Gasteiger partial charge in [-0.05, 0) is 32.6 Å². The molecule has 0 aromatic carbocycles. The molecule has 1 amide bonds. The zero-order valence-corrected chi connectivity index (χ0v) is 12.4. The van der Waals surface area contributed by atoms with Gasteiger partial charge in [0.05, 0.1) is 0 Å².